The zero-order valence-electron chi connectivity index (χ0n) is 9.63. The minimum atomic E-state index is 0.0780. The molecule has 17 heavy (non-hydrogen) atoms. The minimum absolute atomic E-state index is 0.0780. The Labute approximate surface area is 103 Å². The number of aliphatic hydroxyl groups is 1. The lowest BCUT2D eigenvalue weighted by molar-refractivity contribution is 0.268. The molecule has 0 amide bonds. The summed E-state index contributed by atoms with van der Waals surface area (Å²) in [6.45, 7) is 3.95. The average Bonchev–Trinajstić information content (AvgIpc) is 2.89. The van der Waals surface area contributed by atoms with Crippen LogP contribution < -0.4 is 5.32 Å². The number of thiazole rings is 1. The maximum atomic E-state index is 8.74. The highest BCUT2D eigenvalue weighted by molar-refractivity contribution is 7.09. The van der Waals surface area contributed by atoms with E-state index >= 15 is 0 Å². The fourth-order valence-electron chi connectivity index (χ4n) is 1.41. The minimum Gasteiger partial charge on any atom is -0.394 e. The Bertz CT molecular complexity index is 467. The number of aromatic nitrogens is 4. The van der Waals surface area contributed by atoms with E-state index in [9.17, 15) is 0 Å². The molecule has 2 aromatic rings. The lowest BCUT2D eigenvalue weighted by Gasteiger charge is -1.98. The standard InChI is InChI=1S/C10H15N5OS/c1-8-7-17-10(12-8)5-11-4-9-6-15(2-3-16)14-13-9/h6-7,11,16H,2-5H2,1H3. The third kappa shape index (κ3) is 3.58. The van der Waals surface area contributed by atoms with E-state index in [1.165, 1.54) is 0 Å². The third-order valence-corrected chi connectivity index (χ3v) is 3.13. The molecule has 0 aliphatic rings. The average molecular weight is 253 g/mol. The Kier molecular flexibility index (Phi) is 4.18. The molecule has 0 saturated carbocycles. The Morgan fingerprint density at radius 1 is 1.47 bits per heavy atom. The molecule has 0 spiro atoms. The van der Waals surface area contributed by atoms with Gasteiger partial charge in [-0.2, -0.15) is 0 Å². The van der Waals surface area contributed by atoms with Crippen LogP contribution in [0, 0.1) is 6.92 Å². The second kappa shape index (κ2) is 5.85. The normalized spacial score (nSPS) is 10.9. The van der Waals surface area contributed by atoms with Crippen LogP contribution in [0.15, 0.2) is 11.6 Å². The summed E-state index contributed by atoms with van der Waals surface area (Å²) in [5.41, 5.74) is 1.92. The van der Waals surface area contributed by atoms with Crippen LogP contribution in [-0.4, -0.2) is 31.7 Å². The predicted molar refractivity (Wildman–Crippen MR) is 64.5 cm³/mol. The summed E-state index contributed by atoms with van der Waals surface area (Å²) in [6.07, 6.45) is 1.83. The molecule has 0 saturated heterocycles. The molecular weight excluding hydrogens is 238 g/mol. The van der Waals surface area contributed by atoms with E-state index in [0.29, 0.717) is 13.1 Å². The number of hydrogen-bond acceptors (Lipinski definition) is 6. The highest BCUT2D eigenvalue weighted by Gasteiger charge is 2.01. The molecular formula is C10H15N5OS. The van der Waals surface area contributed by atoms with Gasteiger partial charge in [0, 0.05) is 30.4 Å². The van der Waals surface area contributed by atoms with E-state index in [4.69, 9.17) is 5.11 Å². The summed E-state index contributed by atoms with van der Waals surface area (Å²) in [7, 11) is 0. The van der Waals surface area contributed by atoms with Crippen molar-refractivity contribution in [1.82, 2.24) is 25.3 Å². The molecule has 7 heteroatoms. The van der Waals surface area contributed by atoms with Crippen LogP contribution in [-0.2, 0) is 19.6 Å². The van der Waals surface area contributed by atoms with E-state index in [2.05, 4.69) is 20.6 Å². The molecule has 0 bridgehead atoms. The molecule has 0 aliphatic heterocycles. The lowest BCUT2D eigenvalue weighted by Crippen LogP contribution is -2.12. The smallest absolute Gasteiger partial charge is 0.107 e. The van der Waals surface area contributed by atoms with Gasteiger partial charge in [-0.1, -0.05) is 5.21 Å². The van der Waals surface area contributed by atoms with Crippen molar-refractivity contribution in [2.45, 2.75) is 26.6 Å². The van der Waals surface area contributed by atoms with E-state index < -0.39 is 0 Å². The molecule has 0 atom stereocenters. The Hall–Kier alpha value is -1.31. The second-order valence-corrected chi connectivity index (χ2v) is 4.63. The van der Waals surface area contributed by atoms with Gasteiger partial charge in [-0.25, -0.2) is 9.67 Å². The van der Waals surface area contributed by atoms with Crippen molar-refractivity contribution in [3.05, 3.63) is 28.0 Å². The van der Waals surface area contributed by atoms with Gasteiger partial charge in [0.25, 0.3) is 0 Å². The van der Waals surface area contributed by atoms with Gasteiger partial charge in [-0.3, -0.25) is 0 Å². The van der Waals surface area contributed by atoms with E-state index in [-0.39, 0.29) is 6.61 Å². The number of aryl methyl sites for hydroxylation is 1. The van der Waals surface area contributed by atoms with Gasteiger partial charge in [0.05, 0.1) is 18.8 Å². The highest BCUT2D eigenvalue weighted by Crippen LogP contribution is 2.08. The summed E-state index contributed by atoms with van der Waals surface area (Å²) in [4.78, 5) is 4.36. The van der Waals surface area contributed by atoms with Crippen molar-refractivity contribution in [3.8, 4) is 0 Å². The first-order valence-electron chi connectivity index (χ1n) is 5.39. The van der Waals surface area contributed by atoms with Crippen molar-refractivity contribution in [1.29, 1.82) is 0 Å². The first-order valence-corrected chi connectivity index (χ1v) is 6.27. The van der Waals surface area contributed by atoms with Gasteiger partial charge in [0.15, 0.2) is 0 Å². The second-order valence-electron chi connectivity index (χ2n) is 3.68. The molecule has 92 valence electrons. The van der Waals surface area contributed by atoms with Gasteiger partial charge >= 0.3 is 0 Å². The molecule has 2 heterocycles. The van der Waals surface area contributed by atoms with Crippen molar-refractivity contribution in [2.24, 2.45) is 0 Å². The first-order chi connectivity index (χ1) is 8.28. The Morgan fingerprint density at radius 3 is 3.06 bits per heavy atom. The fraction of sp³-hybridized carbons (Fsp3) is 0.500. The van der Waals surface area contributed by atoms with Crippen LogP contribution in [0.25, 0.3) is 0 Å². The zero-order chi connectivity index (χ0) is 12.1. The van der Waals surface area contributed by atoms with Crippen LogP contribution in [0.3, 0.4) is 0 Å². The van der Waals surface area contributed by atoms with Crippen molar-refractivity contribution >= 4 is 11.3 Å². The number of nitrogens with zero attached hydrogens (tertiary/aromatic N) is 4. The van der Waals surface area contributed by atoms with E-state index in [0.717, 1.165) is 22.9 Å². The lowest BCUT2D eigenvalue weighted by atomic mass is 10.4. The van der Waals surface area contributed by atoms with Crippen LogP contribution in [0.5, 0.6) is 0 Å². The third-order valence-electron chi connectivity index (χ3n) is 2.16. The molecule has 2 aromatic heterocycles. The van der Waals surface area contributed by atoms with E-state index in [1.807, 2.05) is 18.5 Å². The SMILES string of the molecule is Cc1csc(CNCc2cn(CCO)nn2)n1. The van der Waals surface area contributed by atoms with Gasteiger partial charge in [0.2, 0.25) is 0 Å². The molecule has 0 fully saturated rings. The molecule has 0 aromatic carbocycles. The predicted octanol–water partition coefficient (Wildman–Crippen LogP) is 0.325. The molecule has 2 rings (SSSR count). The molecule has 2 N–H and O–H groups in total. The maximum absolute atomic E-state index is 8.74. The van der Waals surface area contributed by atoms with Crippen LogP contribution in [0.1, 0.15) is 16.4 Å². The molecule has 0 aliphatic carbocycles. The number of rotatable bonds is 6. The summed E-state index contributed by atoms with van der Waals surface area (Å²) < 4.78 is 1.63. The zero-order valence-corrected chi connectivity index (χ0v) is 10.4. The van der Waals surface area contributed by atoms with E-state index in [1.54, 1.807) is 16.0 Å². The molecule has 0 radical (unpaired) electrons. The Balaban J connectivity index is 1.77. The summed E-state index contributed by atoms with van der Waals surface area (Å²) in [6, 6.07) is 0. The Morgan fingerprint density at radius 2 is 2.35 bits per heavy atom. The van der Waals surface area contributed by atoms with Crippen molar-refractivity contribution < 1.29 is 5.11 Å². The number of hydrogen-bond donors (Lipinski definition) is 2. The van der Waals surface area contributed by atoms with Crippen molar-refractivity contribution in [3.63, 3.8) is 0 Å². The first kappa shape index (κ1) is 12.2. The molecule has 6 nitrogen and oxygen atoms in total. The van der Waals surface area contributed by atoms with Gasteiger partial charge in [-0.15, -0.1) is 16.4 Å². The van der Waals surface area contributed by atoms with Gasteiger partial charge < -0.3 is 10.4 Å². The largest absolute Gasteiger partial charge is 0.394 e. The highest BCUT2D eigenvalue weighted by atomic mass is 32.1. The van der Waals surface area contributed by atoms with Gasteiger partial charge in [0.1, 0.15) is 5.01 Å². The number of nitrogens with one attached hydrogen (secondary N) is 1. The maximum Gasteiger partial charge on any atom is 0.107 e. The summed E-state index contributed by atoms with van der Waals surface area (Å²) in [5.74, 6) is 0. The monoisotopic (exact) mass is 253 g/mol. The van der Waals surface area contributed by atoms with Crippen LogP contribution >= 0.6 is 11.3 Å². The van der Waals surface area contributed by atoms with Crippen LogP contribution in [0.4, 0.5) is 0 Å². The summed E-state index contributed by atoms with van der Waals surface area (Å²) >= 11 is 1.65. The fourth-order valence-corrected chi connectivity index (χ4v) is 2.15. The topological polar surface area (TPSA) is 75.9 Å². The number of aliphatic hydroxyl groups excluding tert-OH is 1. The quantitative estimate of drug-likeness (QED) is 0.775. The molecule has 0 unspecified atom stereocenters. The van der Waals surface area contributed by atoms with Crippen LogP contribution in [0.2, 0.25) is 0 Å². The van der Waals surface area contributed by atoms with Crippen molar-refractivity contribution in [2.75, 3.05) is 6.61 Å². The van der Waals surface area contributed by atoms with Gasteiger partial charge in [-0.05, 0) is 6.92 Å². The summed E-state index contributed by atoms with van der Waals surface area (Å²) in [5, 5.41) is 23.0.